The fraction of sp³-hybridized carbons (Fsp3) is 0.200. The minimum absolute atomic E-state index is 0.397. The van der Waals surface area contributed by atoms with Crippen molar-refractivity contribution in [2.24, 2.45) is 0 Å². The molecule has 0 bridgehead atoms. The van der Waals surface area contributed by atoms with Crippen LogP contribution < -0.4 is 4.90 Å². The summed E-state index contributed by atoms with van der Waals surface area (Å²) in [4.78, 5) is 24.2. The third-order valence-corrected chi connectivity index (χ3v) is 2.98. The fourth-order valence-corrected chi connectivity index (χ4v) is 2.15. The number of fused-ring (bicyclic) bond motifs is 1. The summed E-state index contributed by atoms with van der Waals surface area (Å²) in [5, 5.41) is 10.7. The average Bonchev–Trinajstić information content (AvgIpc) is 2.39. The van der Waals surface area contributed by atoms with Gasteiger partial charge in [-0.25, -0.2) is 0 Å². The summed E-state index contributed by atoms with van der Waals surface area (Å²) >= 11 is 0. The molecule has 1 N–H and O–H groups in total. The highest BCUT2D eigenvalue weighted by molar-refractivity contribution is 6.08. The van der Waals surface area contributed by atoms with Gasteiger partial charge in [0.05, 0.1) is 5.69 Å². The maximum atomic E-state index is 12.0. The van der Waals surface area contributed by atoms with E-state index in [0.29, 0.717) is 6.54 Å². The van der Waals surface area contributed by atoms with Crippen LogP contribution in [0.4, 0.5) is 5.69 Å². The molecule has 0 fully saturated rings. The number of hydrogen-bond acceptors (Lipinski definition) is 2. The first-order valence-corrected chi connectivity index (χ1v) is 6.13. The van der Waals surface area contributed by atoms with E-state index in [-0.39, 0.29) is 0 Å². The van der Waals surface area contributed by atoms with Gasteiger partial charge in [-0.15, -0.1) is 0 Å². The van der Waals surface area contributed by atoms with Gasteiger partial charge in [0.15, 0.2) is 0 Å². The number of carboxylic acids is 1. The third kappa shape index (κ3) is 2.73. The molecule has 0 atom stereocenters. The molecule has 4 nitrogen and oxygen atoms in total. The van der Waals surface area contributed by atoms with E-state index in [4.69, 9.17) is 5.11 Å². The Labute approximate surface area is 111 Å². The first kappa shape index (κ1) is 13.1. The SMILES string of the molecule is CCN(C(=O)CC(=O)O)c1cccc2ccccc12. The van der Waals surface area contributed by atoms with Crippen molar-refractivity contribution in [3.8, 4) is 0 Å². The maximum Gasteiger partial charge on any atom is 0.312 e. The molecule has 0 saturated carbocycles. The minimum Gasteiger partial charge on any atom is -0.481 e. The number of aliphatic carboxylic acids is 1. The molecule has 2 aromatic carbocycles. The lowest BCUT2D eigenvalue weighted by Gasteiger charge is -2.22. The van der Waals surface area contributed by atoms with Crippen LogP contribution in [-0.2, 0) is 9.59 Å². The van der Waals surface area contributed by atoms with E-state index in [1.807, 2.05) is 49.4 Å². The Bertz CT molecular complexity index is 616. The van der Waals surface area contributed by atoms with Crippen molar-refractivity contribution in [2.45, 2.75) is 13.3 Å². The number of benzene rings is 2. The van der Waals surface area contributed by atoms with Gasteiger partial charge < -0.3 is 10.0 Å². The lowest BCUT2D eigenvalue weighted by atomic mass is 10.1. The highest BCUT2D eigenvalue weighted by Gasteiger charge is 2.18. The summed E-state index contributed by atoms with van der Waals surface area (Å²) < 4.78 is 0. The molecule has 0 saturated heterocycles. The van der Waals surface area contributed by atoms with E-state index in [1.165, 1.54) is 4.90 Å². The van der Waals surface area contributed by atoms with Crippen molar-refractivity contribution >= 4 is 28.3 Å². The second-order valence-electron chi connectivity index (χ2n) is 4.21. The molecule has 0 aliphatic rings. The van der Waals surface area contributed by atoms with E-state index in [1.54, 1.807) is 0 Å². The van der Waals surface area contributed by atoms with Gasteiger partial charge >= 0.3 is 5.97 Å². The third-order valence-electron chi connectivity index (χ3n) is 2.98. The molecular weight excluding hydrogens is 242 g/mol. The number of carbonyl (C=O) groups excluding carboxylic acids is 1. The van der Waals surface area contributed by atoms with Crippen molar-refractivity contribution in [3.05, 3.63) is 42.5 Å². The van der Waals surface area contributed by atoms with Crippen molar-refractivity contribution in [2.75, 3.05) is 11.4 Å². The Morgan fingerprint density at radius 3 is 2.47 bits per heavy atom. The Morgan fingerprint density at radius 1 is 1.11 bits per heavy atom. The second kappa shape index (κ2) is 5.52. The predicted octanol–water partition coefficient (Wildman–Crippen LogP) is 2.67. The van der Waals surface area contributed by atoms with Crippen LogP contribution in [0.5, 0.6) is 0 Å². The zero-order valence-corrected chi connectivity index (χ0v) is 10.7. The average molecular weight is 257 g/mol. The van der Waals surface area contributed by atoms with Crippen LogP contribution in [-0.4, -0.2) is 23.5 Å². The number of hydrogen-bond donors (Lipinski definition) is 1. The molecule has 0 aromatic heterocycles. The fourth-order valence-electron chi connectivity index (χ4n) is 2.15. The highest BCUT2D eigenvalue weighted by atomic mass is 16.4. The lowest BCUT2D eigenvalue weighted by Crippen LogP contribution is -2.32. The summed E-state index contributed by atoms with van der Waals surface area (Å²) in [6, 6.07) is 13.4. The maximum absolute atomic E-state index is 12.0. The van der Waals surface area contributed by atoms with Crippen LogP contribution in [0.25, 0.3) is 10.8 Å². The smallest absolute Gasteiger partial charge is 0.312 e. The molecule has 2 rings (SSSR count). The van der Waals surface area contributed by atoms with Crippen molar-refractivity contribution in [1.29, 1.82) is 0 Å². The van der Waals surface area contributed by atoms with Crippen LogP contribution >= 0.6 is 0 Å². The van der Waals surface area contributed by atoms with Gasteiger partial charge in [0.1, 0.15) is 6.42 Å². The standard InChI is InChI=1S/C15H15NO3/c1-2-16(14(17)10-15(18)19)13-9-5-7-11-6-3-4-8-12(11)13/h3-9H,2,10H2,1H3,(H,18,19). The molecule has 98 valence electrons. The van der Waals surface area contributed by atoms with E-state index in [0.717, 1.165) is 16.5 Å². The number of nitrogens with zero attached hydrogens (tertiary/aromatic N) is 1. The molecule has 1 amide bonds. The summed E-state index contributed by atoms with van der Waals surface area (Å²) in [7, 11) is 0. The summed E-state index contributed by atoms with van der Waals surface area (Å²) in [5.74, 6) is -1.50. The molecule has 2 aromatic rings. The van der Waals surface area contributed by atoms with Crippen molar-refractivity contribution < 1.29 is 14.7 Å². The Morgan fingerprint density at radius 2 is 1.79 bits per heavy atom. The summed E-state index contributed by atoms with van der Waals surface area (Å²) in [5.41, 5.74) is 0.756. The van der Waals surface area contributed by atoms with Crippen LogP contribution in [0.3, 0.4) is 0 Å². The zero-order valence-electron chi connectivity index (χ0n) is 10.7. The molecule has 0 spiro atoms. The molecule has 0 aliphatic heterocycles. The van der Waals surface area contributed by atoms with Crippen LogP contribution in [0.1, 0.15) is 13.3 Å². The summed E-state index contributed by atoms with van der Waals surface area (Å²) in [6.07, 6.45) is -0.489. The second-order valence-corrected chi connectivity index (χ2v) is 4.21. The lowest BCUT2D eigenvalue weighted by molar-refractivity contribution is -0.140. The largest absolute Gasteiger partial charge is 0.481 e. The van der Waals surface area contributed by atoms with Crippen LogP contribution in [0, 0.1) is 0 Å². The van der Waals surface area contributed by atoms with Gasteiger partial charge in [-0.3, -0.25) is 9.59 Å². The van der Waals surface area contributed by atoms with Crippen molar-refractivity contribution in [3.63, 3.8) is 0 Å². The van der Waals surface area contributed by atoms with E-state index >= 15 is 0 Å². The number of amides is 1. The normalized spacial score (nSPS) is 10.4. The minimum atomic E-state index is -1.11. The Kier molecular flexibility index (Phi) is 3.80. The number of rotatable bonds is 4. The first-order chi connectivity index (χ1) is 9.13. The molecule has 19 heavy (non-hydrogen) atoms. The number of anilines is 1. The molecule has 4 heteroatoms. The van der Waals surface area contributed by atoms with Gasteiger partial charge in [-0.05, 0) is 18.4 Å². The Hall–Kier alpha value is -2.36. The summed E-state index contributed by atoms with van der Waals surface area (Å²) in [6.45, 7) is 2.28. The van der Waals surface area contributed by atoms with E-state index in [2.05, 4.69) is 0 Å². The number of carboxylic acid groups (broad SMARTS) is 1. The molecule has 0 radical (unpaired) electrons. The number of carbonyl (C=O) groups is 2. The first-order valence-electron chi connectivity index (χ1n) is 6.13. The van der Waals surface area contributed by atoms with Crippen LogP contribution in [0.2, 0.25) is 0 Å². The van der Waals surface area contributed by atoms with Gasteiger partial charge in [-0.1, -0.05) is 36.4 Å². The van der Waals surface area contributed by atoms with E-state index in [9.17, 15) is 9.59 Å². The molecule has 0 aliphatic carbocycles. The monoisotopic (exact) mass is 257 g/mol. The topological polar surface area (TPSA) is 57.6 Å². The molecule has 0 heterocycles. The Balaban J connectivity index is 2.46. The molecule has 0 unspecified atom stereocenters. The van der Waals surface area contributed by atoms with Gasteiger partial charge in [0, 0.05) is 11.9 Å². The van der Waals surface area contributed by atoms with Gasteiger partial charge in [0.25, 0.3) is 0 Å². The quantitative estimate of drug-likeness (QED) is 0.857. The van der Waals surface area contributed by atoms with Crippen molar-refractivity contribution in [1.82, 2.24) is 0 Å². The zero-order chi connectivity index (χ0) is 13.8. The highest BCUT2D eigenvalue weighted by Crippen LogP contribution is 2.27. The van der Waals surface area contributed by atoms with Gasteiger partial charge in [0.2, 0.25) is 5.91 Å². The van der Waals surface area contributed by atoms with E-state index < -0.39 is 18.3 Å². The van der Waals surface area contributed by atoms with Gasteiger partial charge in [-0.2, -0.15) is 0 Å². The predicted molar refractivity (Wildman–Crippen MR) is 74.2 cm³/mol. The van der Waals surface area contributed by atoms with Crippen LogP contribution in [0.15, 0.2) is 42.5 Å². The molecular formula is C15H15NO3.